The van der Waals surface area contributed by atoms with Gasteiger partial charge in [0.25, 0.3) is 0 Å². The van der Waals surface area contributed by atoms with Crippen molar-refractivity contribution in [1.29, 1.82) is 10.5 Å². The van der Waals surface area contributed by atoms with Gasteiger partial charge in [0.2, 0.25) is 5.95 Å². The van der Waals surface area contributed by atoms with Crippen LogP contribution in [0.4, 0.5) is 22.2 Å². The van der Waals surface area contributed by atoms with Crippen molar-refractivity contribution in [3.63, 3.8) is 0 Å². The maximum absolute atomic E-state index is 13.4. The molecule has 0 unspecified atom stereocenters. The molecule has 15 heteroatoms. The zero-order chi connectivity index (χ0) is 28.6. The largest absolute Gasteiger partial charge is 0.389 e. The van der Waals surface area contributed by atoms with E-state index >= 15 is 0 Å². The van der Waals surface area contributed by atoms with Crippen molar-refractivity contribution in [1.82, 2.24) is 35.1 Å². The van der Waals surface area contributed by atoms with E-state index in [2.05, 4.69) is 48.5 Å². The van der Waals surface area contributed by atoms with Crippen molar-refractivity contribution in [2.24, 2.45) is 0 Å². The number of nitriles is 2. The van der Waals surface area contributed by atoms with Crippen molar-refractivity contribution in [3.05, 3.63) is 40.2 Å². The molecule has 6 rings (SSSR count). The molecule has 0 spiro atoms. The van der Waals surface area contributed by atoms with Crippen LogP contribution in [0, 0.1) is 22.7 Å². The van der Waals surface area contributed by atoms with Gasteiger partial charge in [-0.1, -0.05) is 11.6 Å². The fourth-order valence-corrected chi connectivity index (χ4v) is 5.51. The molecule has 5 N–H and O–H groups in total. The van der Waals surface area contributed by atoms with E-state index in [1.54, 1.807) is 17.0 Å². The van der Waals surface area contributed by atoms with E-state index in [9.17, 15) is 20.4 Å². The van der Waals surface area contributed by atoms with Crippen molar-refractivity contribution >= 4 is 40.7 Å². The van der Waals surface area contributed by atoms with Gasteiger partial charge in [-0.3, -0.25) is 0 Å². The first kappa shape index (κ1) is 27.0. The number of carbonyl (C=O) groups excluding carboxylic acids is 1. The van der Waals surface area contributed by atoms with Gasteiger partial charge in [-0.15, -0.1) is 5.10 Å². The van der Waals surface area contributed by atoms with E-state index in [0.29, 0.717) is 62.0 Å². The zero-order valence-corrected chi connectivity index (χ0v) is 22.8. The van der Waals surface area contributed by atoms with Gasteiger partial charge in [0.1, 0.15) is 6.07 Å². The van der Waals surface area contributed by atoms with Gasteiger partial charge >= 0.3 is 6.03 Å². The van der Waals surface area contributed by atoms with E-state index in [-0.39, 0.29) is 40.8 Å². The number of aliphatic hydroxyl groups is 1. The van der Waals surface area contributed by atoms with Gasteiger partial charge in [-0.2, -0.15) is 20.0 Å². The number of β-amino-alcohol motifs (C(OH)–C–C–N with tert-alkyl or cyclic N) is 1. The smallest absolute Gasteiger partial charge is 0.318 e. The summed E-state index contributed by atoms with van der Waals surface area (Å²) in [6.07, 6.45) is 2.72. The number of amides is 2. The molecule has 4 heterocycles. The van der Waals surface area contributed by atoms with Gasteiger partial charge in [0.05, 0.1) is 53.4 Å². The summed E-state index contributed by atoms with van der Waals surface area (Å²) >= 11 is 7.00. The van der Waals surface area contributed by atoms with Crippen LogP contribution in [0.25, 0.3) is 5.65 Å². The fraction of sp³-hybridized carbons (Fsp3) is 0.462. The Kier molecular flexibility index (Phi) is 7.23. The SMILES string of the molecule is N#Cc1cc(Nc2nc(NC3CC3)c3ncc(C#N)n3n2)c(Cl)c([C@]2(NC(=O)N3CCOCC3)CCNC[C@H]2O)c1. The van der Waals surface area contributed by atoms with Gasteiger partial charge < -0.3 is 36.0 Å². The van der Waals surface area contributed by atoms with Crippen LogP contribution in [-0.2, 0) is 10.3 Å². The number of urea groups is 1. The van der Waals surface area contributed by atoms with Crippen LogP contribution >= 0.6 is 11.6 Å². The molecule has 3 aliphatic rings. The maximum atomic E-state index is 13.4. The van der Waals surface area contributed by atoms with Crippen LogP contribution in [0.1, 0.15) is 36.1 Å². The number of ether oxygens (including phenoxy) is 1. The van der Waals surface area contributed by atoms with Crippen molar-refractivity contribution in [2.75, 3.05) is 50.0 Å². The van der Waals surface area contributed by atoms with Crippen molar-refractivity contribution in [2.45, 2.75) is 36.9 Å². The highest BCUT2D eigenvalue weighted by atomic mass is 35.5. The molecular formula is C26H28ClN11O3. The number of halogens is 1. The Morgan fingerprint density at radius 3 is 2.76 bits per heavy atom. The summed E-state index contributed by atoms with van der Waals surface area (Å²) < 4.78 is 6.77. The number of morpholine rings is 1. The lowest BCUT2D eigenvalue weighted by molar-refractivity contribution is 0.0227. The quantitative estimate of drug-likeness (QED) is 0.285. The van der Waals surface area contributed by atoms with Crippen LogP contribution in [0.5, 0.6) is 0 Å². The highest BCUT2D eigenvalue weighted by Gasteiger charge is 2.45. The molecule has 0 radical (unpaired) electrons. The summed E-state index contributed by atoms with van der Waals surface area (Å²) in [5.41, 5.74) is 0.331. The molecule has 14 nitrogen and oxygen atoms in total. The zero-order valence-electron chi connectivity index (χ0n) is 22.0. The van der Waals surface area contributed by atoms with Crippen LogP contribution in [-0.4, -0.2) is 87.2 Å². The normalized spacial score (nSPS) is 22.5. The number of hydrogen-bond donors (Lipinski definition) is 5. The minimum atomic E-state index is -1.27. The average molecular weight is 578 g/mol. The Morgan fingerprint density at radius 2 is 2.05 bits per heavy atom. The number of piperidine rings is 1. The molecular weight excluding hydrogens is 550 g/mol. The summed E-state index contributed by atoms with van der Waals surface area (Å²) in [7, 11) is 0. The molecule has 212 valence electrons. The lowest BCUT2D eigenvalue weighted by atomic mass is 9.78. The van der Waals surface area contributed by atoms with Gasteiger partial charge in [-0.25, -0.2) is 9.78 Å². The Balaban J connectivity index is 1.41. The van der Waals surface area contributed by atoms with Gasteiger partial charge in [0, 0.05) is 31.2 Å². The number of fused-ring (bicyclic) bond motifs is 1. The van der Waals surface area contributed by atoms with Crippen molar-refractivity contribution < 1.29 is 14.6 Å². The first-order valence-electron chi connectivity index (χ1n) is 13.4. The number of anilines is 3. The monoisotopic (exact) mass is 577 g/mol. The molecule has 0 bridgehead atoms. The highest BCUT2D eigenvalue weighted by Crippen LogP contribution is 2.41. The Labute approximate surface area is 240 Å². The molecule has 41 heavy (non-hydrogen) atoms. The van der Waals surface area contributed by atoms with Gasteiger partial charge in [0.15, 0.2) is 17.2 Å². The first-order valence-corrected chi connectivity index (χ1v) is 13.8. The van der Waals surface area contributed by atoms with Crippen LogP contribution in [0.3, 0.4) is 0 Å². The number of rotatable bonds is 6. The number of hydrogen-bond acceptors (Lipinski definition) is 11. The standard InChI is InChI=1S/C26H28ClN11O3/c27-21-18(26(3-4-30-14-20(26)39)35-25(40)37-5-7-41-8-6-37)9-15(11-28)10-19(21)33-24-34-22(32-16-1-2-16)23-31-13-17(12-29)38(23)36-24/h9-10,13,16,20,30,39H,1-8,14H2,(H,35,40)(H2,32,33,34,36)/t20-,26-/m1/s1. The van der Waals surface area contributed by atoms with Crippen LogP contribution in [0.2, 0.25) is 5.02 Å². The molecule has 2 aromatic heterocycles. The Hall–Kier alpha value is -4.21. The second kappa shape index (κ2) is 11.0. The maximum Gasteiger partial charge on any atom is 0.318 e. The van der Waals surface area contributed by atoms with E-state index in [1.807, 2.05) is 0 Å². The molecule has 1 aromatic carbocycles. The molecule has 1 saturated carbocycles. The molecule has 2 saturated heterocycles. The molecule has 3 aromatic rings. The van der Waals surface area contributed by atoms with E-state index in [4.69, 9.17) is 16.3 Å². The molecule has 1 aliphatic carbocycles. The number of nitrogens with one attached hydrogen (secondary N) is 4. The predicted octanol–water partition coefficient (Wildman–Crippen LogP) is 1.43. The molecule has 2 aliphatic heterocycles. The summed E-state index contributed by atoms with van der Waals surface area (Å²) in [5, 5.41) is 48.0. The third-order valence-corrected chi connectivity index (χ3v) is 7.96. The van der Waals surface area contributed by atoms with Crippen molar-refractivity contribution in [3.8, 4) is 12.1 Å². The summed E-state index contributed by atoms with van der Waals surface area (Å²) in [6, 6.07) is 7.28. The summed E-state index contributed by atoms with van der Waals surface area (Å²) in [5.74, 6) is 0.581. The molecule has 3 fully saturated rings. The van der Waals surface area contributed by atoms with Crippen LogP contribution < -0.4 is 21.3 Å². The van der Waals surface area contributed by atoms with Gasteiger partial charge in [-0.05, 0) is 37.9 Å². The first-order chi connectivity index (χ1) is 19.9. The number of nitrogens with zero attached hydrogens (tertiary/aromatic N) is 7. The van der Waals surface area contributed by atoms with Crippen LogP contribution in [0.15, 0.2) is 18.3 Å². The molecule has 2 atom stereocenters. The number of aliphatic hydroxyl groups excluding tert-OH is 1. The lowest BCUT2D eigenvalue weighted by Crippen LogP contribution is -2.63. The molecule has 2 amide bonds. The second-order valence-corrected chi connectivity index (χ2v) is 10.7. The fourth-order valence-electron chi connectivity index (χ4n) is 5.18. The number of aromatic nitrogens is 4. The van der Waals surface area contributed by atoms with E-state index in [1.165, 1.54) is 10.7 Å². The topological polar surface area (TPSA) is 189 Å². The second-order valence-electron chi connectivity index (χ2n) is 10.3. The number of carbonyl (C=O) groups is 1. The van der Waals surface area contributed by atoms with E-state index in [0.717, 1.165) is 12.8 Å². The average Bonchev–Trinajstić information content (AvgIpc) is 3.71. The number of imidazole rings is 1. The Bertz CT molecular complexity index is 1570. The third-order valence-electron chi connectivity index (χ3n) is 7.55. The lowest BCUT2D eigenvalue weighted by Gasteiger charge is -2.44. The third kappa shape index (κ3) is 5.18. The Morgan fingerprint density at radius 1 is 1.24 bits per heavy atom. The predicted molar refractivity (Wildman–Crippen MR) is 148 cm³/mol. The van der Waals surface area contributed by atoms with E-state index < -0.39 is 11.6 Å². The minimum Gasteiger partial charge on any atom is -0.389 e. The summed E-state index contributed by atoms with van der Waals surface area (Å²) in [4.78, 5) is 23.9. The minimum absolute atomic E-state index is 0.121. The number of benzene rings is 1. The summed E-state index contributed by atoms with van der Waals surface area (Å²) in [6.45, 7) is 2.41. The highest BCUT2D eigenvalue weighted by molar-refractivity contribution is 6.34.